The van der Waals surface area contributed by atoms with E-state index in [2.05, 4.69) is 9.97 Å². The van der Waals surface area contributed by atoms with Crippen molar-refractivity contribution in [2.45, 2.75) is 6.42 Å². The van der Waals surface area contributed by atoms with Gasteiger partial charge in [0.15, 0.2) is 24.8 Å². The Kier molecular flexibility index (Phi) is 34.7. The van der Waals surface area contributed by atoms with Gasteiger partial charge in [0.25, 0.3) is 0 Å². The molecule has 12 heteroatoms. The second-order valence-corrected chi connectivity index (χ2v) is 4.20. The summed E-state index contributed by atoms with van der Waals surface area (Å²) in [6.45, 7) is 0.403. The molecule has 160 valence electrons. The number of nitrogens with one attached hydrogen (secondary N) is 2. The molecule has 0 saturated carbocycles. The molecular formula is C15H16Ag2I4N2O4. The van der Waals surface area contributed by atoms with Crippen molar-refractivity contribution in [3.05, 3.63) is 60.2 Å². The summed E-state index contributed by atoms with van der Waals surface area (Å²) in [4.78, 5) is 28.9. The van der Waals surface area contributed by atoms with Crippen molar-refractivity contribution in [3.63, 3.8) is 0 Å². The zero-order chi connectivity index (χ0) is 14.9. The van der Waals surface area contributed by atoms with E-state index in [1.54, 1.807) is 49.1 Å². The van der Waals surface area contributed by atoms with Crippen molar-refractivity contribution in [1.82, 2.24) is 0 Å². The van der Waals surface area contributed by atoms with Crippen LogP contribution in [0.2, 0.25) is 0 Å². The largest absolute Gasteiger partial charge is 1.00 e. The molecule has 0 aliphatic rings. The first-order valence-electron chi connectivity index (χ1n) is 6.54. The van der Waals surface area contributed by atoms with Crippen LogP contribution in [0.1, 0.15) is 27.1 Å². The Labute approximate surface area is 257 Å². The van der Waals surface area contributed by atoms with Crippen LogP contribution in [0.25, 0.3) is 0 Å². The molecule has 0 unspecified atom stereocenters. The molecular weight excluding hydrogens is 996 g/mol. The SMILES string of the molecule is O=C(OCCCOC(=O)c1cc[nH+]cc1)c1cc[nH+]cc1.[Ag+].[Ag+].[I-].[I-].[I-].[I-]. The van der Waals surface area contributed by atoms with Gasteiger partial charge in [-0.25, -0.2) is 19.6 Å². The van der Waals surface area contributed by atoms with Crippen LogP contribution in [-0.2, 0) is 54.2 Å². The summed E-state index contributed by atoms with van der Waals surface area (Å²) in [7, 11) is 0. The average molecular weight is 1010 g/mol. The standard InChI is InChI=1S/C15H14N2O4.2Ag.4HI/c18-14(12-2-6-16-7-3-12)20-10-1-11-21-15(19)13-4-8-17-9-5-13;;;;;;/h2-9H,1,10-11H2;;;4*1H/q;2*+1;;;;/p-2. The van der Waals surface area contributed by atoms with Gasteiger partial charge in [-0.3, -0.25) is 0 Å². The van der Waals surface area contributed by atoms with Crippen LogP contribution in [0.15, 0.2) is 49.1 Å². The third-order valence-electron chi connectivity index (χ3n) is 2.66. The van der Waals surface area contributed by atoms with Gasteiger partial charge >= 0.3 is 56.7 Å². The average Bonchev–Trinajstić information content (AvgIpc) is 2.55. The van der Waals surface area contributed by atoms with E-state index in [-0.39, 0.29) is 154 Å². The van der Waals surface area contributed by atoms with E-state index < -0.39 is 11.9 Å². The van der Waals surface area contributed by atoms with Gasteiger partial charge < -0.3 is 105 Å². The number of rotatable bonds is 6. The van der Waals surface area contributed by atoms with E-state index in [4.69, 9.17) is 9.47 Å². The molecule has 6 nitrogen and oxygen atoms in total. The summed E-state index contributed by atoms with van der Waals surface area (Å²) >= 11 is 0. The Bertz CT molecular complexity index is 560. The van der Waals surface area contributed by atoms with Crippen LogP contribution in [-0.4, -0.2) is 25.2 Å². The second kappa shape index (κ2) is 23.9. The number of H-pyrrole nitrogens is 2. The number of ether oxygens (including phenoxy) is 2. The first-order chi connectivity index (χ1) is 10.3. The molecule has 0 radical (unpaired) electrons. The summed E-state index contributed by atoms with van der Waals surface area (Å²) in [5.41, 5.74) is 0.956. The zero-order valence-electron chi connectivity index (χ0n) is 13.5. The Morgan fingerprint density at radius 2 is 0.963 bits per heavy atom. The first kappa shape index (κ1) is 39.2. The zero-order valence-corrected chi connectivity index (χ0v) is 25.1. The number of carbonyl (C=O) groups is 2. The van der Waals surface area contributed by atoms with Crippen LogP contribution in [0, 0.1) is 0 Å². The molecule has 0 spiro atoms. The topological polar surface area (TPSA) is 80.9 Å². The van der Waals surface area contributed by atoms with Crippen LogP contribution >= 0.6 is 0 Å². The number of hydrogen-bond donors (Lipinski definition) is 0. The number of aromatic nitrogens is 2. The Hall–Kier alpha value is 1.64. The van der Waals surface area contributed by atoms with E-state index in [0.717, 1.165) is 0 Å². The van der Waals surface area contributed by atoms with Crippen LogP contribution in [0.3, 0.4) is 0 Å². The Morgan fingerprint density at radius 3 is 1.26 bits per heavy atom. The van der Waals surface area contributed by atoms with Crippen molar-refractivity contribution in [2.24, 2.45) is 0 Å². The number of aromatic amines is 2. The van der Waals surface area contributed by atoms with Crippen LogP contribution in [0.5, 0.6) is 0 Å². The smallest absolute Gasteiger partial charge is 1.00 e. The maximum Gasteiger partial charge on any atom is 1.00 e. The normalized spacial score (nSPS) is 7.70. The number of esters is 2. The fraction of sp³-hybridized carbons (Fsp3) is 0.200. The molecule has 2 heterocycles. The fourth-order valence-corrected chi connectivity index (χ4v) is 1.60. The van der Waals surface area contributed by atoms with Gasteiger partial charge in [0.1, 0.15) is 0 Å². The number of hydrogen-bond acceptors (Lipinski definition) is 4. The van der Waals surface area contributed by atoms with Crippen molar-refractivity contribution >= 4 is 11.9 Å². The van der Waals surface area contributed by atoms with E-state index in [1.165, 1.54) is 0 Å². The van der Waals surface area contributed by atoms with Gasteiger partial charge in [0.2, 0.25) is 0 Å². The molecule has 2 N–H and O–H groups in total. The summed E-state index contributed by atoms with van der Waals surface area (Å²) in [5.74, 6) is -0.789. The molecule has 27 heavy (non-hydrogen) atoms. The van der Waals surface area contributed by atoms with E-state index in [9.17, 15) is 9.59 Å². The summed E-state index contributed by atoms with van der Waals surface area (Å²) < 4.78 is 10.1. The van der Waals surface area contributed by atoms with Crippen molar-refractivity contribution in [1.29, 1.82) is 0 Å². The molecule has 2 aromatic rings. The third kappa shape index (κ3) is 16.1. The quantitative estimate of drug-likeness (QED) is 0.125. The van der Waals surface area contributed by atoms with E-state index in [1.807, 2.05) is 0 Å². The summed E-state index contributed by atoms with van der Waals surface area (Å²) in [6, 6.07) is 6.53. The number of carbonyl (C=O) groups excluding carboxylic acids is 2. The molecule has 0 fully saturated rings. The molecule has 0 saturated heterocycles. The van der Waals surface area contributed by atoms with Gasteiger partial charge in [-0.15, -0.1) is 0 Å². The summed E-state index contributed by atoms with van der Waals surface area (Å²) in [5, 5.41) is 0. The van der Waals surface area contributed by atoms with Gasteiger partial charge in [-0.2, -0.15) is 0 Å². The third-order valence-corrected chi connectivity index (χ3v) is 2.66. The minimum atomic E-state index is -0.395. The molecule has 2 aromatic heterocycles. The molecule has 0 aliphatic heterocycles. The summed E-state index contributed by atoms with van der Waals surface area (Å²) in [6.07, 6.45) is 7.05. The number of halogens is 4. The van der Waals surface area contributed by atoms with Crippen molar-refractivity contribution in [3.8, 4) is 0 Å². The van der Waals surface area contributed by atoms with Crippen molar-refractivity contribution < 1.29 is 170 Å². The minimum absolute atomic E-state index is 0. The van der Waals surface area contributed by atoms with Gasteiger partial charge in [0.05, 0.1) is 24.3 Å². The molecule has 0 bridgehead atoms. The van der Waals surface area contributed by atoms with Gasteiger partial charge in [0, 0.05) is 30.7 Å². The fourth-order valence-electron chi connectivity index (χ4n) is 1.60. The molecule has 0 aromatic carbocycles. The monoisotopic (exact) mass is 1010 g/mol. The van der Waals surface area contributed by atoms with Crippen molar-refractivity contribution in [2.75, 3.05) is 13.2 Å². The minimum Gasteiger partial charge on any atom is -1.00 e. The van der Waals surface area contributed by atoms with E-state index in [0.29, 0.717) is 17.5 Å². The predicted molar refractivity (Wildman–Crippen MR) is 71.2 cm³/mol. The Morgan fingerprint density at radius 1 is 0.667 bits per heavy atom. The van der Waals surface area contributed by atoms with Gasteiger partial charge in [-0.05, 0) is 0 Å². The van der Waals surface area contributed by atoms with Gasteiger partial charge in [-0.1, -0.05) is 0 Å². The van der Waals surface area contributed by atoms with Crippen LogP contribution < -0.4 is 106 Å². The first-order valence-corrected chi connectivity index (χ1v) is 6.54. The maximum absolute atomic E-state index is 11.6. The molecule has 2 rings (SSSR count). The molecule has 0 atom stereocenters. The molecule has 0 amide bonds. The van der Waals surface area contributed by atoms with Crippen LogP contribution in [0.4, 0.5) is 0 Å². The van der Waals surface area contributed by atoms with E-state index >= 15 is 0 Å². The maximum atomic E-state index is 11.6. The Balaban J connectivity index is -0.000000269. The predicted octanol–water partition coefficient (Wildman–Crippen LogP) is -11.3. The second-order valence-electron chi connectivity index (χ2n) is 4.20. The molecule has 0 aliphatic carbocycles. The number of pyridine rings is 2.